The molecule has 0 amide bonds. The van der Waals surface area contributed by atoms with Gasteiger partial charge in [0.25, 0.3) is 0 Å². The lowest BCUT2D eigenvalue weighted by molar-refractivity contribution is 0.442. The maximum absolute atomic E-state index is 12.0. The number of rotatable bonds is 6. The Morgan fingerprint density at radius 2 is 2.00 bits per heavy atom. The van der Waals surface area contributed by atoms with Crippen molar-refractivity contribution in [1.29, 1.82) is 0 Å². The Labute approximate surface area is 128 Å². The lowest BCUT2D eigenvalue weighted by Gasteiger charge is -2.16. The maximum Gasteiger partial charge on any atom is 0.215 e. The van der Waals surface area contributed by atoms with Crippen LogP contribution < -0.4 is 0 Å². The summed E-state index contributed by atoms with van der Waals surface area (Å²) >= 11 is 1.37. The van der Waals surface area contributed by atoms with Gasteiger partial charge >= 0.3 is 0 Å². The Morgan fingerprint density at radius 1 is 1.29 bits per heavy atom. The number of terminal acetylenes is 1. The van der Waals surface area contributed by atoms with E-state index in [1.807, 2.05) is 30.3 Å². The average molecular weight is 321 g/mol. The molecule has 110 valence electrons. The SMILES string of the molecule is C#CCN(Cc1nnc(-c2ccccc2)s1)S(=O)(=O)CC. The van der Waals surface area contributed by atoms with E-state index >= 15 is 0 Å². The molecule has 0 saturated carbocycles. The summed E-state index contributed by atoms with van der Waals surface area (Å²) in [6, 6.07) is 9.64. The maximum atomic E-state index is 12.0. The summed E-state index contributed by atoms with van der Waals surface area (Å²) in [5.74, 6) is 2.38. The van der Waals surface area contributed by atoms with Crippen LogP contribution in [0.15, 0.2) is 30.3 Å². The van der Waals surface area contributed by atoms with E-state index in [1.165, 1.54) is 15.6 Å². The molecule has 5 nitrogen and oxygen atoms in total. The van der Waals surface area contributed by atoms with Gasteiger partial charge in [-0.2, -0.15) is 4.31 Å². The molecule has 0 bridgehead atoms. The minimum Gasteiger partial charge on any atom is -0.212 e. The fraction of sp³-hybridized carbons (Fsp3) is 0.286. The van der Waals surface area contributed by atoms with Crippen LogP contribution in [0, 0.1) is 12.3 Å². The third-order valence-electron chi connectivity index (χ3n) is 2.83. The van der Waals surface area contributed by atoms with Crippen LogP contribution in [0.25, 0.3) is 10.6 Å². The van der Waals surface area contributed by atoms with E-state index in [9.17, 15) is 8.42 Å². The molecule has 1 heterocycles. The average Bonchev–Trinajstić information content (AvgIpc) is 2.96. The van der Waals surface area contributed by atoms with Gasteiger partial charge in [0.1, 0.15) is 10.0 Å². The number of hydrogen-bond donors (Lipinski definition) is 0. The standard InChI is InChI=1S/C14H15N3O2S2/c1-3-10-17(21(18,19)4-2)11-13-15-16-14(20-13)12-8-6-5-7-9-12/h1,5-9H,4,10-11H2,2H3. The fourth-order valence-electron chi connectivity index (χ4n) is 1.70. The van der Waals surface area contributed by atoms with Gasteiger partial charge in [0.05, 0.1) is 18.8 Å². The molecule has 0 radical (unpaired) electrons. The lowest BCUT2D eigenvalue weighted by atomic mass is 10.2. The first kappa shape index (κ1) is 15.6. The van der Waals surface area contributed by atoms with E-state index < -0.39 is 10.0 Å². The first-order chi connectivity index (χ1) is 10.1. The summed E-state index contributed by atoms with van der Waals surface area (Å²) in [4.78, 5) is 0. The van der Waals surface area contributed by atoms with Crippen LogP contribution >= 0.6 is 11.3 Å². The largest absolute Gasteiger partial charge is 0.215 e. The van der Waals surface area contributed by atoms with Gasteiger partial charge in [-0.3, -0.25) is 0 Å². The molecule has 2 rings (SSSR count). The van der Waals surface area contributed by atoms with E-state index in [4.69, 9.17) is 6.42 Å². The molecule has 21 heavy (non-hydrogen) atoms. The quantitative estimate of drug-likeness (QED) is 0.763. The third-order valence-corrected chi connectivity index (χ3v) is 5.56. The molecular formula is C14H15N3O2S2. The summed E-state index contributed by atoms with van der Waals surface area (Å²) in [5.41, 5.74) is 0.961. The zero-order chi connectivity index (χ0) is 15.3. The molecule has 0 aliphatic heterocycles. The number of aromatic nitrogens is 2. The first-order valence-corrected chi connectivity index (χ1v) is 8.78. The molecule has 0 aliphatic carbocycles. The highest BCUT2D eigenvalue weighted by molar-refractivity contribution is 7.89. The molecule has 0 fully saturated rings. The predicted octanol–water partition coefficient (Wildman–Crippen LogP) is 1.99. The van der Waals surface area contributed by atoms with E-state index in [2.05, 4.69) is 16.1 Å². The molecule has 0 aliphatic rings. The van der Waals surface area contributed by atoms with Crippen LogP contribution in [0.5, 0.6) is 0 Å². The molecule has 1 aromatic heterocycles. The number of sulfonamides is 1. The van der Waals surface area contributed by atoms with Gasteiger partial charge in [-0.05, 0) is 6.92 Å². The van der Waals surface area contributed by atoms with Crippen molar-refractivity contribution in [3.63, 3.8) is 0 Å². The van der Waals surface area contributed by atoms with E-state index in [1.54, 1.807) is 6.92 Å². The molecular weight excluding hydrogens is 306 g/mol. The van der Waals surface area contributed by atoms with Gasteiger partial charge < -0.3 is 0 Å². The minimum atomic E-state index is -3.35. The van der Waals surface area contributed by atoms with Crippen LogP contribution in [-0.2, 0) is 16.6 Å². The van der Waals surface area contributed by atoms with Crippen molar-refractivity contribution in [2.75, 3.05) is 12.3 Å². The summed E-state index contributed by atoms with van der Waals surface area (Å²) in [6.45, 7) is 1.79. The molecule has 0 saturated heterocycles. The predicted molar refractivity (Wildman–Crippen MR) is 84.0 cm³/mol. The summed E-state index contributed by atoms with van der Waals surface area (Å²) in [7, 11) is -3.35. The third kappa shape index (κ3) is 3.88. The second kappa shape index (κ2) is 6.80. The molecule has 0 spiro atoms. The number of hydrogen-bond acceptors (Lipinski definition) is 5. The Morgan fingerprint density at radius 3 is 2.62 bits per heavy atom. The van der Waals surface area contributed by atoms with Crippen molar-refractivity contribution in [3.8, 4) is 22.9 Å². The highest BCUT2D eigenvalue weighted by Gasteiger charge is 2.21. The Kier molecular flexibility index (Phi) is 5.07. The monoisotopic (exact) mass is 321 g/mol. The van der Waals surface area contributed by atoms with E-state index in [0.29, 0.717) is 5.01 Å². The van der Waals surface area contributed by atoms with Crippen molar-refractivity contribution in [3.05, 3.63) is 35.3 Å². The molecule has 2 aromatic rings. The van der Waals surface area contributed by atoms with Crippen LogP contribution in [0.3, 0.4) is 0 Å². The second-order valence-electron chi connectivity index (χ2n) is 4.24. The van der Waals surface area contributed by atoms with E-state index in [-0.39, 0.29) is 18.8 Å². The Bertz CT molecular complexity index is 733. The van der Waals surface area contributed by atoms with Gasteiger partial charge in [0, 0.05) is 5.56 Å². The summed E-state index contributed by atoms with van der Waals surface area (Å²) in [5, 5.41) is 9.55. The van der Waals surface area contributed by atoms with Gasteiger partial charge in [-0.25, -0.2) is 8.42 Å². The van der Waals surface area contributed by atoms with Gasteiger partial charge in [-0.1, -0.05) is 47.6 Å². The number of nitrogens with zero attached hydrogens (tertiary/aromatic N) is 3. The van der Waals surface area contributed by atoms with Crippen LogP contribution in [0.4, 0.5) is 0 Å². The summed E-state index contributed by atoms with van der Waals surface area (Å²) in [6.07, 6.45) is 5.24. The molecule has 1 aromatic carbocycles. The van der Waals surface area contributed by atoms with Gasteiger partial charge in [0.2, 0.25) is 10.0 Å². The topological polar surface area (TPSA) is 63.2 Å². The minimum absolute atomic E-state index is 0.0129. The first-order valence-electron chi connectivity index (χ1n) is 6.36. The van der Waals surface area contributed by atoms with Crippen molar-refractivity contribution in [2.45, 2.75) is 13.5 Å². The van der Waals surface area contributed by atoms with E-state index in [0.717, 1.165) is 10.6 Å². The molecule has 0 atom stereocenters. The van der Waals surface area contributed by atoms with Gasteiger partial charge in [-0.15, -0.1) is 16.6 Å². The van der Waals surface area contributed by atoms with Crippen molar-refractivity contribution in [2.24, 2.45) is 0 Å². The highest BCUT2D eigenvalue weighted by Crippen LogP contribution is 2.24. The zero-order valence-corrected chi connectivity index (χ0v) is 13.2. The van der Waals surface area contributed by atoms with Gasteiger partial charge in [0.15, 0.2) is 0 Å². The van der Waals surface area contributed by atoms with Crippen LogP contribution in [0.1, 0.15) is 11.9 Å². The van der Waals surface area contributed by atoms with Crippen molar-refractivity contribution < 1.29 is 8.42 Å². The number of benzene rings is 1. The summed E-state index contributed by atoms with van der Waals surface area (Å²) < 4.78 is 25.2. The lowest BCUT2D eigenvalue weighted by Crippen LogP contribution is -2.32. The molecule has 0 unspecified atom stereocenters. The Balaban J connectivity index is 2.20. The Hall–Kier alpha value is -1.75. The van der Waals surface area contributed by atoms with Crippen molar-refractivity contribution in [1.82, 2.24) is 14.5 Å². The highest BCUT2D eigenvalue weighted by atomic mass is 32.2. The van der Waals surface area contributed by atoms with Crippen LogP contribution in [-0.4, -0.2) is 35.2 Å². The molecule has 0 N–H and O–H groups in total. The molecule has 7 heteroatoms. The normalized spacial score (nSPS) is 11.5. The second-order valence-corrected chi connectivity index (χ2v) is 7.56. The van der Waals surface area contributed by atoms with Crippen molar-refractivity contribution >= 4 is 21.4 Å². The zero-order valence-electron chi connectivity index (χ0n) is 11.6. The van der Waals surface area contributed by atoms with Crippen LogP contribution in [0.2, 0.25) is 0 Å². The smallest absolute Gasteiger partial charge is 0.212 e. The fourth-order valence-corrected chi connectivity index (χ4v) is 3.60.